The van der Waals surface area contributed by atoms with E-state index in [9.17, 15) is 20.2 Å². The van der Waals surface area contributed by atoms with Crippen LogP contribution in [-0.2, 0) is 11.4 Å². The van der Waals surface area contributed by atoms with Crippen molar-refractivity contribution >= 4 is 58.2 Å². The second-order valence-corrected chi connectivity index (χ2v) is 8.39. The molecule has 0 heterocycles. The van der Waals surface area contributed by atoms with Crippen LogP contribution in [0.1, 0.15) is 18.1 Å². The predicted molar refractivity (Wildman–Crippen MR) is 139 cm³/mol. The Morgan fingerprint density at radius 1 is 1.06 bits per heavy atom. The van der Waals surface area contributed by atoms with Crippen molar-refractivity contribution < 1.29 is 19.2 Å². The molecule has 36 heavy (non-hydrogen) atoms. The summed E-state index contributed by atoms with van der Waals surface area (Å²) in [7, 11) is 0. The molecule has 0 aliphatic carbocycles. The molecular weight excluding hydrogens is 529 g/mol. The number of rotatable bonds is 9. The van der Waals surface area contributed by atoms with Crippen LogP contribution < -0.4 is 14.8 Å². The number of nitrogens with one attached hydrogen (secondary N) is 1. The first kappa shape index (κ1) is 26.8. The SMILES string of the molecule is CCOc1cc(/C=C(\C#N)C(=O)Nc2cc([N+](=O)[O-])ccc2Cl)ccc1OCc1c(Cl)cccc1Cl. The second-order valence-electron chi connectivity index (χ2n) is 7.17. The lowest BCUT2D eigenvalue weighted by Crippen LogP contribution is -2.14. The number of hydrogen-bond acceptors (Lipinski definition) is 6. The van der Waals surface area contributed by atoms with Gasteiger partial charge in [0, 0.05) is 27.7 Å². The summed E-state index contributed by atoms with van der Waals surface area (Å²) in [5.74, 6) is 0.0109. The van der Waals surface area contributed by atoms with E-state index in [1.807, 2.05) is 6.07 Å². The van der Waals surface area contributed by atoms with Gasteiger partial charge in [0.1, 0.15) is 18.2 Å². The van der Waals surface area contributed by atoms with E-state index in [4.69, 9.17) is 44.3 Å². The molecule has 0 radical (unpaired) electrons. The summed E-state index contributed by atoms with van der Waals surface area (Å²) in [5.41, 5.74) is 0.603. The van der Waals surface area contributed by atoms with Gasteiger partial charge in [-0.05, 0) is 48.9 Å². The van der Waals surface area contributed by atoms with E-state index < -0.39 is 10.8 Å². The Hall–Kier alpha value is -3.77. The Labute approximate surface area is 221 Å². The molecule has 0 fully saturated rings. The second kappa shape index (κ2) is 12.3. The number of nitro benzene ring substituents is 1. The van der Waals surface area contributed by atoms with E-state index in [-0.39, 0.29) is 28.6 Å². The van der Waals surface area contributed by atoms with Crippen molar-refractivity contribution in [3.8, 4) is 17.6 Å². The van der Waals surface area contributed by atoms with Gasteiger partial charge >= 0.3 is 0 Å². The number of nitrogens with zero attached hydrogens (tertiary/aromatic N) is 2. The van der Waals surface area contributed by atoms with Crippen molar-refractivity contribution in [2.75, 3.05) is 11.9 Å². The van der Waals surface area contributed by atoms with Crippen molar-refractivity contribution in [2.45, 2.75) is 13.5 Å². The monoisotopic (exact) mass is 545 g/mol. The number of carbonyl (C=O) groups is 1. The number of amides is 1. The van der Waals surface area contributed by atoms with E-state index in [0.29, 0.717) is 39.3 Å². The minimum atomic E-state index is -0.786. The Kier molecular flexibility index (Phi) is 9.14. The van der Waals surface area contributed by atoms with Crippen LogP contribution in [-0.4, -0.2) is 17.4 Å². The smallest absolute Gasteiger partial charge is 0.271 e. The van der Waals surface area contributed by atoms with E-state index in [1.165, 1.54) is 18.2 Å². The van der Waals surface area contributed by atoms with Crippen LogP contribution in [0.2, 0.25) is 15.1 Å². The van der Waals surface area contributed by atoms with E-state index in [0.717, 1.165) is 6.07 Å². The zero-order valence-electron chi connectivity index (χ0n) is 18.8. The summed E-state index contributed by atoms with van der Waals surface area (Å²) in [4.78, 5) is 23.1. The van der Waals surface area contributed by atoms with Crippen LogP contribution in [0.4, 0.5) is 11.4 Å². The molecule has 3 rings (SSSR count). The average Bonchev–Trinajstić information content (AvgIpc) is 2.84. The number of carbonyl (C=O) groups excluding carboxylic acids is 1. The first-order valence-corrected chi connectivity index (χ1v) is 11.6. The molecule has 11 heteroatoms. The van der Waals surface area contributed by atoms with Crippen molar-refractivity contribution in [3.05, 3.63) is 96.5 Å². The van der Waals surface area contributed by atoms with Gasteiger partial charge in [0.15, 0.2) is 11.5 Å². The number of anilines is 1. The van der Waals surface area contributed by atoms with Gasteiger partial charge in [0.2, 0.25) is 0 Å². The zero-order chi connectivity index (χ0) is 26.2. The Morgan fingerprint density at radius 2 is 1.78 bits per heavy atom. The average molecular weight is 547 g/mol. The predicted octanol–water partition coefficient (Wildman–Crippen LogP) is 7.08. The Bertz CT molecular complexity index is 1370. The van der Waals surface area contributed by atoms with E-state index in [2.05, 4.69) is 5.32 Å². The van der Waals surface area contributed by atoms with Gasteiger partial charge in [-0.15, -0.1) is 0 Å². The lowest BCUT2D eigenvalue weighted by molar-refractivity contribution is -0.384. The van der Waals surface area contributed by atoms with E-state index in [1.54, 1.807) is 43.3 Å². The lowest BCUT2D eigenvalue weighted by atomic mass is 10.1. The number of ether oxygens (including phenoxy) is 2. The van der Waals surface area contributed by atoms with Crippen molar-refractivity contribution in [1.29, 1.82) is 5.26 Å². The minimum absolute atomic E-state index is 0.00834. The maximum atomic E-state index is 12.7. The maximum Gasteiger partial charge on any atom is 0.271 e. The lowest BCUT2D eigenvalue weighted by Gasteiger charge is -2.14. The van der Waals surface area contributed by atoms with Crippen LogP contribution >= 0.6 is 34.8 Å². The molecule has 0 unspecified atom stereocenters. The fourth-order valence-electron chi connectivity index (χ4n) is 3.05. The third-order valence-corrected chi connectivity index (χ3v) is 5.82. The summed E-state index contributed by atoms with van der Waals surface area (Å²) in [6.45, 7) is 2.24. The van der Waals surface area contributed by atoms with Gasteiger partial charge in [0.05, 0.1) is 22.2 Å². The third-order valence-electron chi connectivity index (χ3n) is 4.79. The molecule has 3 aromatic carbocycles. The number of hydrogen-bond donors (Lipinski definition) is 1. The van der Waals surface area contributed by atoms with Crippen LogP contribution in [0.5, 0.6) is 11.5 Å². The molecule has 0 aliphatic heterocycles. The molecule has 0 aromatic heterocycles. The van der Waals surface area contributed by atoms with Crippen LogP contribution in [0.15, 0.2) is 60.2 Å². The molecule has 0 saturated heterocycles. The highest BCUT2D eigenvalue weighted by atomic mass is 35.5. The quantitative estimate of drug-likeness (QED) is 0.133. The highest BCUT2D eigenvalue weighted by molar-refractivity contribution is 6.36. The van der Waals surface area contributed by atoms with Crippen molar-refractivity contribution in [2.24, 2.45) is 0 Å². The molecule has 3 aromatic rings. The highest BCUT2D eigenvalue weighted by Crippen LogP contribution is 2.33. The summed E-state index contributed by atoms with van der Waals surface area (Å²) in [5, 5.41) is 24.0. The van der Waals surface area contributed by atoms with Gasteiger partial charge in [-0.25, -0.2) is 0 Å². The number of benzene rings is 3. The molecule has 0 saturated carbocycles. The number of nitriles is 1. The van der Waals surface area contributed by atoms with Crippen LogP contribution in [0.3, 0.4) is 0 Å². The summed E-state index contributed by atoms with van der Waals surface area (Å²) in [6, 6.07) is 15.4. The topological polar surface area (TPSA) is 114 Å². The molecule has 0 atom stereocenters. The molecule has 0 bridgehead atoms. The normalized spacial score (nSPS) is 10.9. The van der Waals surface area contributed by atoms with Gasteiger partial charge in [-0.2, -0.15) is 5.26 Å². The largest absolute Gasteiger partial charge is 0.490 e. The molecule has 0 spiro atoms. The number of non-ortho nitro benzene ring substituents is 1. The third kappa shape index (κ3) is 6.67. The van der Waals surface area contributed by atoms with Crippen molar-refractivity contribution in [3.63, 3.8) is 0 Å². The summed E-state index contributed by atoms with van der Waals surface area (Å²) >= 11 is 18.4. The maximum absolute atomic E-state index is 12.7. The van der Waals surface area contributed by atoms with E-state index >= 15 is 0 Å². The zero-order valence-corrected chi connectivity index (χ0v) is 21.0. The first-order chi connectivity index (χ1) is 17.2. The molecule has 1 amide bonds. The molecule has 184 valence electrons. The Morgan fingerprint density at radius 3 is 2.42 bits per heavy atom. The standard InChI is InChI=1S/C25H18Cl3N3O5/c1-2-35-24-11-15(6-9-23(24)36-14-18-19(26)4-3-5-20(18)27)10-16(13-29)25(32)30-22-12-17(31(33)34)7-8-21(22)28/h3-12H,2,14H2,1H3,(H,30,32)/b16-10+. The minimum Gasteiger partial charge on any atom is -0.490 e. The van der Waals surface area contributed by atoms with Gasteiger partial charge in [-0.3, -0.25) is 14.9 Å². The van der Waals surface area contributed by atoms with Crippen LogP contribution in [0.25, 0.3) is 6.08 Å². The molecular formula is C25H18Cl3N3O5. The fraction of sp³-hybridized carbons (Fsp3) is 0.120. The molecule has 8 nitrogen and oxygen atoms in total. The van der Waals surface area contributed by atoms with Gasteiger partial charge < -0.3 is 14.8 Å². The number of halogens is 3. The molecule has 1 N–H and O–H groups in total. The van der Waals surface area contributed by atoms with Crippen LogP contribution in [0, 0.1) is 21.4 Å². The molecule has 0 aliphatic rings. The van der Waals surface area contributed by atoms with Gasteiger partial charge in [0.25, 0.3) is 11.6 Å². The fourth-order valence-corrected chi connectivity index (χ4v) is 3.72. The summed E-state index contributed by atoms with van der Waals surface area (Å²) in [6.07, 6.45) is 1.35. The Balaban J connectivity index is 1.83. The number of nitro groups is 1. The summed E-state index contributed by atoms with van der Waals surface area (Å²) < 4.78 is 11.5. The first-order valence-electron chi connectivity index (χ1n) is 10.4. The highest BCUT2D eigenvalue weighted by Gasteiger charge is 2.16. The van der Waals surface area contributed by atoms with Gasteiger partial charge in [-0.1, -0.05) is 46.9 Å². The van der Waals surface area contributed by atoms with Crippen molar-refractivity contribution in [1.82, 2.24) is 0 Å².